The highest BCUT2D eigenvalue weighted by molar-refractivity contribution is 5.84. The number of hydrogen-bond donors (Lipinski definition) is 3. The fraction of sp³-hybridized carbons (Fsp3) is 0.878. The Morgan fingerprint density at radius 3 is 1.46 bits per heavy atom. The average Bonchev–Trinajstić information content (AvgIpc) is 1.55. The Morgan fingerprint density at radius 1 is 0.491 bits per heavy atom. The molecular weight excluding hydrogens is 1410 g/mol. The van der Waals surface area contributed by atoms with E-state index in [9.17, 15) is 38.1 Å². The van der Waals surface area contributed by atoms with Crippen molar-refractivity contribution in [2.75, 3.05) is 34.0 Å². The third-order valence-corrected chi connectivity index (χ3v) is 27.4. The van der Waals surface area contributed by atoms with Gasteiger partial charge in [-0.25, -0.2) is 0 Å². The van der Waals surface area contributed by atoms with Crippen LogP contribution in [0, 0.1) is 23.7 Å². The van der Waals surface area contributed by atoms with Crippen molar-refractivity contribution >= 4 is 11.6 Å². The summed E-state index contributed by atoms with van der Waals surface area (Å²) in [4.78, 5) is 24.9. The molecule has 18 aliphatic heterocycles. The summed E-state index contributed by atoms with van der Waals surface area (Å²) in [5, 5.41) is 30.5. The summed E-state index contributed by atoms with van der Waals surface area (Å²) in [7, 11) is 2.98. The van der Waals surface area contributed by atoms with Crippen LogP contribution in [0.2, 0.25) is 0 Å². The first-order chi connectivity index (χ1) is 51.8. The van der Waals surface area contributed by atoms with Crippen LogP contribution in [0.5, 0.6) is 0 Å². The number of carbonyl (C=O) groups excluding carboxylic acids is 2. The first-order valence-corrected chi connectivity index (χ1v) is 41.2. The third-order valence-electron chi connectivity index (χ3n) is 27.4. The Hall–Kier alpha value is -2.75. The topological polar surface area (TPSA) is 261 Å². The van der Waals surface area contributed by atoms with Gasteiger partial charge in [-0.15, -0.1) is 0 Å². The van der Waals surface area contributed by atoms with Gasteiger partial charge in [0.25, 0.3) is 0 Å². The zero-order valence-corrected chi connectivity index (χ0v) is 64.1. The number of Topliss-reactive ketones (excluding diaryl/α,β-unsaturated/α-hetero) is 2. The molecule has 0 aliphatic carbocycles. The minimum absolute atomic E-state index is 0.000279. The molecule has 0 radical (unpaired) electrons. The molecule has 12 bridgehead atoms. The van der Waals surface area contributed by atoms with Crippen LogP contribution >= 0.6 is 0 Å². The standard InChI is InChI=1S/C41H57F3O11.C41H64O12/c1-6-28-22(4)20(2)13-25(49-28)7-9-29-21(3)14-27(50-29)11-12-40-18-32-36(54-40)37-38(53-32)39(55-40)35-30(52-37)10-8-26(51-35)16-24(45)15-23-19-48-31(34(23)47-5)17-33(46)41(42,43)44;1-6-30-23(4)21(2)13-27(47-30)7-9-31-22(3)14-29(48-31)11-12-41-18-34-37(52-41)38-39(51-34)40(53-41)36-32(50-38)10-8-28(49-36)16-25(43)15-24-20-46-33(35(24)45-5)17-26(44)19-42/h20,23,25-32,34-39H,3-4,6-19H2,1-2,5H3;21,24-40,42-44H,3-4,6-20H2,1-2,5H3. The van der Waals surface area contributed by atoms with Crippen LogP contribution in [0.15, 0.2) is 48.6 Å². The summed E-state index contributed by atoms with van der Waals surface area (Å²) >= 11 is 0. The van der Waals surface area contributed by atoms with Crippen molar-refractivity contribution in [3.8, 4) is 0 Å². The van der Waals surface area contributed by atoms with Crippen molar-refractivity contribution < 1.29 is 123 Å². The van der Waals surface area contributed by atoms with E-state index >= 15 is 0 Å². The summed E-state index contributed by atoms with van der Waals surface area (Å²) in [6.07, 6.45) is 4.95. The van der Waals surface area contributed by atoms with Gasteiger partial charge in [0.1, 0.15) is 66.8 Å². The first-order valence-electron chi connectivity index (χ1n) is 41.2. The number of ketones is 2. The van der Waals surface area contributed by atoms with Crippen LogP contribution in [-0.2, 0) is 94.9 Å². The van der Waals surface area contributed by atoms with E-state index in [0.717, 1.165) is 95.5 Å². The van der Waals surface area contributed by atoms with Crippen LogP contribution < -0.4 is 0 Å². The number of aliphatic hydroxyl groups excluding tert-OH is 3. The number of hydrogen-bond acceptors (Lipinski definition) is 23. The van der Waals surface area contributed by atoms with Gasteiger partial charge in [-0.2, -0.15) is 13.2 Å². The molecule has 0 aromatic rings. The van der Waals surface area contributed by atoms with Crippen LogP contribution in [0.3, 0.4) is 0 Å². The number of carbonyl (C=O) groups is 2. The van der Waals surface area contributed by atoms with Gasteiger partial charge < -0.3 is 101 Å². The summed E-state index contributed by atoms with van der Waals surface area (Å²) in [5.41, 5.74) is 4.72. The molecule has 36 unspecified atom stereocenters. The number of rotatable bonds is 29. The van der Waals surface area contributed by atoms with E-state index in [1.165, 1.54) is 23.8 Å². The second kappa shape index (κ2) is 33.5. The fourth-order valence-electron chi connectivity index (χ4n) is 21.7. The molecule has 26 heteroatoms. The molecule has 108 heavy (non-hydrogen) atoms. The Balaban J connectivity index is 0.000000172. The zero-order chi connectivity index (χ0) is 75.8. The molecule has 3 N–H and O–H groups in total. The smallest absolute Gasteiger partial charge is 0.394 e. The normalized spacial score (nSPS) is 47.4. The minimum atomic E-state index is -4.95. The third kappa shape index (κ3) is 16.8. The van der Waals surface area contributed by atoms with Gasteiger partial charge in [-0.3, -0.25) is 9.59 Å². The summed E-state index contributed by atoms with van der Waals surface area (Å²) in [6.45, 7) is 26.3. The maximum Gasteiger partial charge on any atom is 0.450 e. The van der Waals surface area contributed by atoms with E-state index in [-0.39, 0.29) is 184 Å². The monoisotopic (exact) mass is 1530 g/mol. The number of ether oxygens (including phenoxy) is 18. The molecule has 18 fully saturated rings. The number of fused-ring (bicyclic) bond motifs is 2. The van der Waals surface area contributed by atoms with Gasteiger partial charge in [-0.05, 0) is 150 Å². The molecule has 18 saturated heterocycles. The van der Waals surface area contributed by atoms with E-state index < -0.39 is 72.5 Å². The first kappa shape index (κ1) is 80.4. The molecule has 608 valence electrons. The maximum atomic E-state index is 13.3. The molecule has 0 amide bonds. The minimum Gasteiger partial charge on any atom is -0.394 e. The van der Waals surface area contributed by atoms with E-state index in [0.29, 0.717) is 76.2 Å². The van der Waals surface area contributed by atoms with Crippen LogP contribution in [0.4, 0.5) is 13.2 Å². The summed E-state index contributed by atoms with van der Waals surface area (Å²) in [6, 6.07) is 0. The van der Waals surface area contributed by atoms with Gasteiger partial charge in [0, 0.05) is 77.4 Å². The molecule has 18 rings (SSSR count). The second-order valence-corrected chi connectivity index (χ2v) is 34.8. The lowest BCUT2D eigenvalue weighted by molar-refractivity contribution is -0.294. The van der Waals surface area contributed by atoms with Crippen molar-refractivity contribution in [3.63, 3.8) is 0 Å². The number of halogens is 3. The van der Waals surface area contributed by atoms with Gasteiger partial charge in [0.15, 0.2) is 11.6 Å². The molecular formula is C82H121F3O23. The quantitative estimate of drug-likeness (QED) is 0.0588. The molecule has 18 heterocycles. The van der Waals surface area contributed by atoms with E-state index in [2.05, 4.69) is 54.0 Å². The number of alkyl halides is 3. The highest BCUT2D eigenvalue weighted by atomic mass is 19.4. The summed E-state index contributed by atoms with van der Waals surface area (Å²) < 4.78 is 154. The molecule has 0 saturated carbocycles. The van der Waals surface area contributed by atoms with Crippen LogP contribution in [0.1, 0.15) is 195 Å². The van der Waals surface area contributed by atoms with Crippen molar-refractivity contribution in [1.29, 1.82) is 0 Å². The predicted molar refractivity (Wildman–Crippen MR) is 381 cm³/mol. The Kier molecular flexibility index (Phi) is 24.9. The Labute approximate surface area is 634 Å². The van der Waals surface area contributed by atoms with Crippen molar-refractivity contribution in [1.82, 2.24) is 0 Å². The highest BCUT2D eigenvalue weighted by Gasteiger charge is 2.71. The Morgan fingerprint density at radius 2 is 0.954 bits per heavy atom. The van der Waals surface area contributed by atoms with Crippen molar-refractivity contribution in [3.05, 3.63) is 48.6 Å². The van der Waals surface area contributed by atoms with Crippen molar-refractivity contribution in [2.24, 2.45) is 23.7 Å². The number of aliphatic hydroxyl groups is 3. The molecule has 0 aromatic heterocycles. The van der Waals surface area contributed by atoms with Gasteiger partial charge in [0.2, 0.25) is 5.78 Å². The molecule has 23 nitrogen and oxygen atoms in total. The second-order valence-electron chi connectivity index (χ2n) is 34.8. The maximum absolute atomic E-state index is 13.3. The summed E-state index contributed by atoms with van der Waals surface area (Å²) in [5.74, 6) is -3.15. The lowest BCUT2D eigenvalue weighted by atomic mass is 9.85. The Bertz CT molecular complexity index is 3180. The van der Waals surface area contributed by atoms with Crippen molar-refractivity contribution in [2.45, 2.75) is 396 Å². The zero-order valence-electron chi connectivity index (χ0n) is 64.1. The fourth-order valence-corrected chi connectivity index (χ4v) is 21.7. The van der Waals surface area contributed by atoms with E-state index in [1.807, 2.05) is 0 Å². The lowest BCUT2D eigenvalue weighted by Gasteiger charge is -2.47. The largest absolute Gasteiger partial charge is 0.450 e. The van der Waals surface area contributed by atoms with Gasteiger partial charge >= 0.3 is 6.18 Å². The van der Waals surface area contributed by atoms with Gasteiger partial charge in [0.05, 0.1) is 142 Å². The number of methoxy groups -OCH3 is 2. The van der Waals surface area contributed by atoms with Crippen LogP contribution in [-0.4, -0.2) is 262 Å². The molecule has 36 atom stereocenters. The van der Waals surface area contributed by atoms with Gasteiger partial charge in [-0.1, -0.05) is 54.0 Å². The van der Waals surface area contributed by atoms with Crippen LogP contribution in [0.25, 0.3) is 0 Å². The average molecular weight is 1530 g/mol. The molecule has 18 aliphatic rings. The highest BCUT2D eigenvalue weighted by Crippen LogP contribution is 2.57. The van der Waals surface area contributed by atoms with E-state index in [4.69, 9.17) is 85.3 Å². The SMILES string of the molecule is C=C1CC(CCC23CC4OC5C(OC6CCC(CC(=O)CC7COC(CC(=O)C(F)(F)F)C7OC)OC6C5O2)C4O3)OC1CCC1CC(C)C(=C)C(CC)O1.C=C1CC(CCC23CC4OC5C(OC6CCC(CC(O)CC7COC(CC(O)CO)C7OC)OC6C5O2)C4O3)OC1CCC1CC(C)C(=C)C(CC)O1. The predicted octanol–water partition coefficient (Wildman–Crippen LogP) is 9.79. The van der Waals surface area contributed by atoms with E-state index in [1.54, 1.807) is 7.11 Å². The lowest BCUT2D eigenvalue weighted by Crippen LogP contribution is -2.61. The molecule has 0 spiro atoms. The molecule has 0 aromatic carbocycles.